The predicted octanol–water partition coefficient (Wildman–Crippen LogP) is 2.17. The number of nitro groups is 1. The van der Waals surface area contributed by atoms with Gasteiger partial charge in [0.05, 0.1) is 25.6 Å². The summed E-state index contributed by atoms with van der Waals surface area (Å²) in [7, 11) is 2.30. The lowest BCUT2D eigenvalue weighted by atomic mass is 9.88. The molecule has 0 saturated carbocycles. The van der Waals surface area contributed by atoms with E-state index in [0.29, 0.717) is 11.3 Å². The van der Waals surface area contributed by atoms with Gasteiger partial charge in [-0.3, -0.25) is 24.5 Å². The van der Waals surface area contributed by atoms with Crippen molar-refractivity contribution in [2.45, 2.75) is 25.3 Å². The molecule has 2 atom stereocenters. The van der Waals surface area contributed by atoms with Crippen molar-refractivity contribution in [3.63, 3.8) is 0 Å². The third kappa shape index (κ3) is 6.86. The molecule has 0 saturated heterocycles. The first-order valence-electron chi connectivity index (χ1n) is 9.73. The Morgan fingerprint density at radius 1 is 1.03 bits per heavy atom. The molecule has 0 radical (unpaired) electrons. The summed E-state index contributed by atoms with van der Waals surface area (Å²) in [6, 6.07) is 9.98. The second kappa shape index (κ2) is 11.4. The van der Waals surface area contributed by atoms with Crippen LogP contribution in [0.5, 0.6) is 0 Å². The first kappa shape index (κ1) is 25.0. The van der Waals surface area contributed by atoms with Gasteiger partial charge in [-0.05, 0) is 23.8 Å². The lowest BCUT2D eigenvalue weighted by molar-refractivity contribution is -0.384. The summed E-state index contributed by atoms with van der Waals surface area (Å²) in [6.07, 6.45) is -0.305. The molecule has 0 aliphatic rings. The van der Waals surface area contributed by atoms with Crippen LogP contribution in [0.25, 0.3) is 0 Å². The molecule has 33 heavy (non-hydrogen) atoms. The molecule has 2 aromatic carbocycles. The first-order valence-corrected chi connectivity index (χ1v) is 9.73. The fourth-order valence-electron chi connectivity index (χ4n) is 3.15. The molecule has 0 aliphatic heterocycles. The maximum absolute atomic E-state index is 12.9. The van der Waals surface area contributed by atoms with Crippen LogP contribution >= 0.6 is 0 Å². The van der Waals surface area contributed by atoms with E-state index in [1.165, 1.54) is 50.4 Å². The van der Waals surface area contributed by atoms with E-state index >= 15 is 0 Å². The van der Waals surface area contributed by atoms with E-state index < -0.39 is 34.7 Å². The molecule has 0 aromatic heterocycles. The zero-order chi connectivity index (χ0) is 24.5. The number of rotatable bonds is 9. The molecule has 2 amide bonds. The number of ether oxygens (including phenoxy) is 2. The molecule has 2 rings (SSSR count). The minimum atomic E-state index is -1.31. The molecule has 11 nitrogen and oxygen atoms in total. The number of non-ortho nitro benzene ring substituents is 1. The van der Waals surface area contributed by atoms with Gasteiger partial charge in [0, 0.05) is 36.2 Å². The summed E-state index contributed by atoms with van der Waals surface area (Å²) in [5, 5.41) is 16.1. The van der Waals surface area contributed by atoms with Crippen molar-refractivity contribution in [1.82, 2.24) is 5.32 Å². The Labute approximate surface area is 189 Å². The third-order valence-corrected chi connectivity index (χ3v) is 4.74. The number of nitro benzene ring substituents is 1. The number of carbonyl (C=O) groups is 4. The summed E-state index contributed by atoms with van der Waals surface area (Å²) in [6.45, 7) is 1.32. The Balaban J connectivity index is 2.41. The van der Waals surface area contributed by atoms with E-state index in [1.54, 1.807) is 12.1 Å². The summed E-state index contributed by atoms with van der Waals surface area (Å²) in [5.41, 5.74) is 0.736. The molecular formula is C22H23N3O8. The normalized spacial score (nSPS) is 12.1. The zero-order valence-corrected chi connectivity index (χ0v) is 18.2. The van der Waals surface area contributed by atoms with Crippen molar-refractivity contribution in [3.05, 3.63) is 69.8 Å². The van der Waals surface area contributed by atoms with Gasteiger partial charge in [-0.1, -0.05) is 18.2 Å². The van der Waals surface area contributed by atoms with Gasteiger partial charge in [-0.15, -0.1) is 0 Å². The van der Waals surface area contributed by atoms with E-state index in [-0.39, 0.29) is 23.6 Å². The topological polar surface area (TPSA) is 154 Å². The fourth-order valence-corrected chi connectivity index (χ4v) is 3.15. The standard InChI is InChI=1S/C22H23N3O8/c1-13(26)23-16-6-4-5-15(11-16)21(28)24-20(22(29)33-3)18(12-19(27)32-2)14-7-9-17(10-8-14)25(30)31/h4-11,18,20H,12H2,1-3H3,(H,23,26)(H,24,28)/t18-,20+/m1/s1. The number of amides is 2. The Morgan fingerprint density at radius 2 is 1.70 bits per heavy atom. The van der Waals surface area contributed by atoms with E-state index in [1.807, 2.05) is 0 Å². The summed E-state index contributed by atoms with van der Waals surface area (Å²) in [5.74, 6) is -3.40. The Morgan fingerprint density at radius 3 is 2.24 bits per heavy atom. The lowest BCUT2D eigenvalue weighted by Gasteiger charge is -2.26. The van der Waals surface area contributed by atoms with Gasteiger partial charge in [0.25, 0.3) is 11.6 Å². The molecule has 0 bridgehead atoms. The number of methoxy groups -OCH3 is 2. The average Bonchev–Trinajstić information content (AvgIpc) is 2.80. The highest BCUT2D eigenvalue weighted by Crippen LogP contribution is 2.27. The molecule has 174 valence electrons. The maximum atomic E-state index is 12.9. The number of esters is 2. The fraction of sp³-hybridized carbons (Fsp3) is 0.273. The second-order valence-electron chi connectivity index (χ2n) is 6.97. The van der Waals surface area contributed by atoms with Crippen LogP contribution in [0.1, 0.15) is 35.2 Å². The maximum Gasteiger partial charge on any atom is 0.329 e. The van der Waals surface area contributed by atoms with Gasteiger partial charge in [0.2, 0.25) is 5.91 Å². The van der Waals surface area contributed by atoms with Crippen LogP contribution in [0.3, 0.4) is 0 Å². The third-order valence-electron chi connectivity index (χ3n) is 4.74. The van der Waals surface area contributed by atoms with Crippen LogP contribution in [0.4, 0.5) is 11.4 Å². The van der Waals surface area contributed by atoms with E-state index in [4.69, 9.17) is 9.47 Å². The van der Waals surface area contributed by atoms with Crippen LogP contribution < -0.4 is 10.6 Å². The first-order chi connectivity index (χ1) is 15.7. The number of anilines is 1. The van der Waals surface area contributed by atoms with Crippen LogP contribution in [-0.2, 0) is 23.9 Å². The molecule has 2 N–H and O–H groups in total. The minimum absolute atomic E-state index is 0.149. The highest BCUT2D eigenvalue weighted by atomic mass is 16.6. The van der Waals surface area contributed by atoms with Gasteiger partial charge in [-0.25, -0.2) is 4.79 Å². The van der Waals surface area contributed by atoms with E-state index in [2.05, 4.69) is 10.6 Å². The van der Waals surface area contributed by atoms with Crippen molar-refractivity contribution in [3.8, 4) is 0 Å². The summed E-state index contributed by atoms with van der Waals surface area (Å²) in [4.78, 5) is 59.2. The van der Waals surface area contributed by atoms with Crippen molar-refractivity contribution in [2.24, 2.45) is 0 Å². The smallest absolute Gasteiger partial charge is 0.329 e. The van der Waals surface area contributed by atoms with Crippen LogP contribution in [-0.4, -0.2) is 48.9 Å². The van der Waals surface area contributed by atoms with Gasteiger partial charge in [0.15, 0.2) is 0 Å². The monoisotopic (exact) mass is 457 g/mol. The van der Waals surface area contributed by atoms with E-state index in [0.717, 1.165) is 7.11 Å². The molecule has 0 aliphatic carbocycles. The number of carbonyl (C=O) groups excluding carboxylic acids is 4. The number of nitrogens with one attached hydrogen (secondary N) is 2. The number of hydrogen-bond donors (Lipinski definition) is 2. The Kier molecular flexibility index (Phi) is 8.61. The van der Waals surface area contributed by atoms with Gasteiger partial charge >= 0.3 is 11.9 Å². The Hall–Kier alpha value is -4.28. The molecule has 2 aromatic rings. The van der Waals surface area contributed by atoms with Crippen LogP contribution in [0.15, 0.2) is 48.5 Å². The average molecular weight is 457 g/mol. The summed E-state index contributed by atoms with van der Waals surface area (Å²) < 4.78 is 9.55. The summed E-state index contributed by atoms with van der Waals surface area (Å²) >= 11 is 0. The number of benzene rings is 2. The van der Waals surface area contributed by atoms with Crippen molar-refractivity contribution >= 4 is 35.1 Å². The Bertz CT molecular complexity index is 1050. The number of hydrogen-bond acceptors (Lipinski definition) is 8. The van der Waals surface area contributed by atoms with Crippen molar-refractivity contribution in [2.75, 3.05) is 19.5 Å². The number of nitrogens with zero attached hydrogens (tertiary/aromatic N) is 1. The molecule has 0 heterocycles. The highest BCUT2D eigenvalue weighted by Gasteiger charge is 2.34. The molecule has 11 heteroatoms. The highest BCUT2D eigenvalue weighted by molar-refractivity contribution is 5.99. The van der Waals surface area contributed by atoms with Crippen molar-refractivity contribution < 1.29 is 33.6 Å². The minimum Gasteiger partial charge on any atom is -0.469 e. The van der Waals surface area contributed by atoms with Gasteiger partial charge in [0.1, 0.15) is 6.04 Å². The predicted molar refractivity (Wildman–Crippen MR) is 116 cm³/mol. The molecule has 0 spiro atoms. The van der Waals surface area contributed by atoms with Gasteiger partial charge in [-0.2, -0.15) is 0 Å². The van der Waals surface area contributed by atoms with E-state index in [9.17, 15) is 29.3 Å². The largest absolute Gasteiger partial charge is 0.469 e. The van der Waals surface area contributed by atoms with Gasteiger partial charge < -0.3 is 20.1 Å². The molecule has 0 fully saturated rings. The van der Waals surface area contributed by atoms with Crippen molar-refractivity contribution in [1.29, 1.82) is 0 Å². The SMILES string of the molecule is COC(=O)C[C@H](c1ccc([N+](=O)[O-])cc1)[C@H](NC(=O)c1cccc(NC(C)=O)c1)C(=O)OC. The molecular weight excluding hydrogens is 434 g/mol. The quantitative estimate of drug-likeness (QED) is 0.330. The lowest BCUT2D eigenvalue weighted by Crippen LogP contribution is -2.46. The second-order valence-corrected chi connectivity index (χ2v) is 6.97. The zero-order valence-electron chi connectivity index (χ0n) is 18.2. The van der Waals surface area contributed by atoms with Crippen LogP contribution in [0.2, 0.25) is 0 Å². The van der Waals surface area contributed by atoms with Crippen LogP contribution in [0, 0.1) is 10.1 Å². The molecule has 0 unspecified atom stereocenters.